The van der Waals surface area contributed by atoms with Gasteiger partial charge in [-0.2, -0.15) is 0 Å². The van der Waals surface area contributed by atoms with Crippen LogP contribution < -0.4 is 0 Å². The minimum atomic E-state index is -0.981. The zero-order valence-electron chi connectivity index (χ0n) is 9.24. The van der Waals surface area contributed by atoms with E-state index in [9.17, 15) is 9.59 Å². The second-order valence-electron chi connectivity index (χ2n) is 2.95. The molecule has 4 nitrogen and oxygen atoms in total. The highest BCUT2D eigenvalue weighted by Crippen LogP contribution is 2.01. The van der Waals surface area contributed by atoms with Crippen LogP contribution in [0, 0.1) is 0 Å². The van der Waals surface area contributed by atoms with Crippen molar-refractivity contribution in [1.29, 1.82) is 0 Å². The standard InChI is InChI=1S/C10H10O2.C3H4O2/c11-10(12)8-4-7-9-5-2-1-3-6-9;1-2-3(4)5/h1-7H,8H2,(H,11,12);2H,1H2,(H,4,5). The van der Waals surface area contributed by atoms with Crippen LogP contribution in [0.2, 0.25) is 0 Å². The van der Waals surface area contributed by atoms with Crippen LogP contribution in [-0.2, 0) is 9.59 Å². The fourth-order valence-corrected chi connectivity index (χ4v) is 0.860. The molecule has 0 amide bonds. The molecule has 0 bridgehead atoms. The van der Waals surface area contributed by atoms with E-state index in [0.717, 1.165) is 11.6 Å². The Morgan fingerprint density at radius 3 is 2.12 bits per heavy atom. The maximum absolute atomic E-state index is 10.1. The smallest absolute Gasteiger partial charge is 0.327 e. The number of rotatable bonds is 4. The van der Waals surface area contributed by atoms with Crippen molar-refractivity contribution in [2.45, 2.75) is 6.42 Å². The lowest BCUT2D eigenvalue weighted by atomic mass is 10.2. The van der Waals surface area contributed by atoms with Crippen LogP contribution in [0.15, 0.2) is 49.1 Å². The van der Waals surface area contributed by atoms with Gasteiger partial charge in [0.05, 0.1) is 6.42 Å². The molecule has 0 saturated heterocycles. The average molecular weight is 234 g/mol. The maximum atomic E-state index is 10.1. The summed E-state index contributed by atoms with van der Waals surface area (Å²) in [7, 11) is 0. The van der Waals surface area contributed by atoms with Crippen LogP contribution in [0.25, 0.3) is 6.08 Å². The van der Waals surface area contributed by atoms with E-state index in [1.165, 1.54) is 0 Å². The Kier molecular flexibility index (Phi) is 7.67. The van der Waals surface area contributed by atoms with Gasteiger partial charge in [-0.05, 0) is 5.56 Å². The average Bonchev–Trinajstić information content (AvgIpc) is 2.30. The van der Waals surface area contributed by atoms with E-state index >= 15 is 0 Å². The van der Waals surface area contributed by atoms with Crippen LogP contribution in [0.5, 0.6) is 0 Å². The molecule has 0 unspecified atom stereocenters. The molecule has 1 aromatic rings. The van der Waals surface area contributed by atoms with Crippen molar-refractivity contribution >= 4 is 18.0 Å². The molecule has 90 valence electrons. The molecule has 17 heavy (non-hydrogen) atoms. The zero-order chi connectivity index (χ0) is 13.1. The topological polar surface area (TPSA) is 74.6 Å². The van der Waals surface area contributed by atoms with Crippen molar-refractivity contribution in [2.75, 3.05) is 0 Å². The third-order valence-corrected chi connectivity index (χ3v) is 1.58. The Balaban J connectivity index is 0.000000437. The van der Waals surface area contributed by atoms with Crippen LogP contribution in [0.3, 0.4) is 0 Å². The largest absolute Gasteiger partial charge is 0.481 e. The number of benzene rings is 1. The van der Waals surface area contributed by atoms with E-state index in [0.29, 0.717) is 0 Å². The quantitative estimate of drug-likeness (QED) is 0.784. The number of carboxylic acids is 2. The highest BCUT2D eigenvalue weighted by Gasteiger charge is 1.89. The Bertz CT molecular complexity index is 393. The number of hydrogen-bond donors (Lipinski definition) is 2. The summed E-state index contributed by atoms with van der Waals surface area (Å²) in [6.07, 6.45) is 4.35. The van der Waals surface area contributed by atoms with Crippen LogP contribution in [-0.4, -0.2) is 22.2 Å². The van der Waals surface area contributed by atoms with Crippen LogP contribution in [0.1, 0.15) is 12.0 Å². The molecule has 1 rings (SSSR count). The Morgan fingerprint density at radius 2 is 1.71 bits per heavy atom. The summed E-state index contributed by atoms with van der Waals surface area (Å²) in [5.41, 5.74) is 1.03. The first kappa shape index (κ1) is 14.6. The predicted molar refractivity (Wildman–Crippen MR) is 65.6 cm³/mol. The molecule has 1 aromatic carbocycles. The molecule has 0 spiro atoms. The molecule has 0 aliphatic rings. The van der Waals surface area contributed by atoms with Crippen molar-refractivity contribution in [3.05, 3.63) is 54.6 Å². The van der Waals surface area contributed by atoms with Crippen molar-refractivity contribution in [2.24, 2.45) is 0 Å². The minimum Gasteiger partial charge on any atom is -0.481 e. The molecule has 0 fully saturated rings. The second-order valence-corrected chi connectivity index (χ2v) is 2.95. The molecule has 0 atom stereocenters. The molecule has 0 radical (unpaired) electrons. The first-order valence-electron chi connectivity index (χ1n) is 4.85. The molecule has 0 aliphatic carbocycles. The van der Waals surface area contributed by atoms with Gasteiger partial charge in [0, 0.05) is 6.08 Å². The summed E-state index contributed by atoms with van der Waals surface area (Å²) >= 11 is 0. The fourth-order valence-electron chi connectivity index (χ4n) is 0.860. The van der Waals surface area contributed by atoms with Crippen LogP contribution in [0.4, 0.5) is 0 Å². The molecule has 0 aliphatic heterocycles. The van der Waals surface area contributed by atoms with Crippen molar-refractivity contribution in [1.82, 2.24) is 0 Å². The van der Waals surface area contributed by atoms with Gasteiger partial charge in [-0.3, -0.25) is 4.79 Å². The Labute approximate surface area is 99.5 Å². The van der Waals surface area contributed by atoms with E-state index < -0.39 is 11.9 Å². The molecule has 0 aromatic heterocycles. The van der Waals surface area contributed by atoms with Crippen LogP contribution >= 0.6 is 0 Å². The van der Waals surface area contributed by atoms with Crippen molar-refractivity contribution in [3.63, 3.8) is 0 Å². The lowest BCUT2D eigenvalue weighted by molar-refractivity contribution is -0.136. The fraction of sp³-hybridized carbons (Fsp3) is 0.0769. The normalized spacial score (nSPS) is 9.18. The lowest BCUT2D eigenvalue weighted by Gasteiger charge is -1.89. The second kappa shape index (κ2) is 8.91. The summed E-state index contributed by atoms with van der Waals surface area (Å²) in [5.74, 6) is -1.79. The van der Waals surface area contributed by atoms with E-state index in [1.807, 2.05) is 30.3 Å². The van der Waals surface area contributed by atoms with Gasteiger partial charge >= 0.3 is 11.9 Å². The summed E-state index contributed by atoms with van der Waals surface area (Å²) in [4.78, 5) is 19.4. The zero-order valence-corrected chi connectivity index (χ0v) is 9.24. The van der Waals surface area contributed by atoms with Gasteiger partial charge in [0.15, 0.2) is 0 Å². The summed E-state index contributed by atoms with van der Waals surface area (Å²) in [5, 5.41) is 15.9. The minimum absolute atomic E-state index is 0.0783. The molecule has 0 saturated carbocycles. The van der Waals surface area contributed by atoms with Gasteiger partial charge in [0.1, 0.15) is 0 Å². The number of carbonyl (C=O) groups is 2. The predicted octanol–water partition coefficient (Wildman–Crippen LogP) is 2.43. The number of carboxylic acid groups (broad SMARTS) is 2. The summed E-state index contributed by atoms with van der Waals surface area (Å²) in [6, 6.07) is 9.62. The SMILES string of the molecule is C=CC(=O)O.O=C(O)CC=Cc1ccccc1. The molecular weight excluding hydrogens is 220 g/mol. The summed E-state index contributed by atoms with van der Waals surface area (Å²) in [6.45, 7) is 2.96. The van der Waals surface area contributed by atoms with Gasteiger partial charge in [-0.15, -0.1) is 0 Å². The number of aliphatic carboxylic acids is 2. The molecule has 0 heterocycles. The summed E-state index contributed by atoms with van der Waals surface area (Å²) < 4.78 is 0. The molecular formula is C13H14O4. The monoisotopic (exact) mass is 234 g/mol. The van der Waals surface area contributed by atoms with E-state index in [-0.39, 0.29) is 6.42 Å². The lowest BCUT2D eigenvalue weighted by Crippen LogP contribution is -1.89. The Morgan fingerprint density at radius 1 is 1.18 bits per heavy atom. The van der Waals surface area contributed by atoms with E-state index in [4.69, 9.17) is 10.2 Å². The highest BCUT2D eigenvalue weighted by atomic mass is 16.4. The molecule has 4 heteroatoms. The Hall–Kier alpha value is -2.36. The first-order chi connectivity index (χ1) is 8.06. The van der Waals surface area contributed by atoms with E-state index in [1.54, 1.807) is 12.2 Å². The van der Waals surface area contributed by atoms with Gasteiger partial charge in [-0.1, -0.05) is 49.1 Å². The highest BCUT2D eigenvalue weighted by molar-refractivity contribution is 5.78. The molecule has 2 N–H and O–H groups in total. The number of hydrogen-bond acceptors (Lipinski definition) is 2. The third-order valence-electron chi connectivity index (χ3n) is 1.58. The van der Waals surface area contributed by atoms with Gasteiger partial charge in [0.25, 0.3) is 0 Å². The van der Waals surface area contributed by atoms with Gasteiger partial charge < -0.3 is 10.2 Å². The van der Waals surface area contributed by atoms with Crippen molar-refractivity contribution in [3.8, 4) is 0 Å². The van der Waals surface area contributed by atoms with Gasteiger partial charge in [-0.25, -0.2) is 4.79 Å². The maximum Gasteiger partial charge on any atom is 0.327 e. The first-order valence-corrected chi connectivity index (χ1v) is 4.85. The van der Waals surface area contributed by atoms with Gasteiger partial charge in [0.2, 0.25) is 0 Å². The van der Waals surface area contributed by atoms with Crippen molar-refractivity contribution < 1.29 is 19.8 Å². The third kappa shape index (κ3) is 9.93. The van der Waals surface area contributed by atoms with E-state index in [2.05, 4.69) is 6.58 Å².